The van der Waals surface area contributed by atoms with E-state index in [1.165, 1.54) is 5.56 Å². The Morgan fingerprint density at radius 3 is 2.30 bits per heavy atom. The molecule has 1 atom stereocenters. The van der Waals surface area contributed by atoms with Crippen LogP contribution >= 0.6 is 0 Å². The lowest BCUT2D eigenvalue weighted by atomic mass is 10.1. The third kappa shape index (κ3) is 4.71. The summed E-state index contributed by atoms with van der Waals surface area (Å²) < 4.78 is 5.74. The van der Waals surface area contributed by atoms with Crippen molar-refractivity contribution < 1.29 is 4.74 Å². The van der Waals surface area contributed by atoms with E-state index in [4.69, 9.17) is 10.5 Å². The number of nitrogens with two attached hydrogens (primary N) is 1. The van der Waals surface area contributed by atoms with E-state index >= 15 is 0 Å². The molecule has 106 valence electrons. The molecule has 0 fully saturated rings. The molecule has 0 spiro atoms. The average molecular weight is 269 g/mol. The summed E-state index contributed by atoms with van der Waals surface area (Å²) in [5.74, 6) is 0.925. The molecule has 0 unspecified atom stereocenters. The molecule has 0 aliphatic rings. The van der Waals surface area contributed by atoms with Crippen LogP contribution in [0.4, 0.5) is 0 Å². The van der Waals surface area contributed by atoms with Gasteiger partial charge in [-0.1, -0.05) is 42.5 Å². The Balaban J connectivity index is 1.66. The number of hydrogen-bond acceptors (Lipinski definition) is 2. The molecule has 2 aromatic carbocycles. The zero-order valence-corrected chi connectivity index (χ0v) is 12.1. The molecule has 0 aliphatic carbocycles. The van der Waals surface area contributed by atoms with Gasteiger partial charge in [0.05, 0.1) is 6.61 Å². The Kier molecular flexibility index (Phi) is 5.63. The summed E-state index contributed by atoms with van der Waals surface area (Å²) in [7, 11) is 0. The van der Waals surface area contributed by atoms with Gasteiger partial charge < -0.3 is 10.5 Å². The standard InChI is InChI=1S/C18H23NO/c1-15(19)17-10-12-18(13-11-17)20-14-6-5-9-16-7-3-2-4-8-16/h2-4,7-8,10-13,15H,5-6,9,14,19H2,1H3/t15-/m1/s1. The fourth-order valence-corrected chi connectivity index (χ4v) is 2.13. The van der Waals surface area contributed by atoms with Gasteiger partial charge in [0.25, 0.3) is 0 Å². The quantitative estimate of drug-likeness (QED) is 0.768. The second-order valence-corrected chi connectivity index (χ2v) is 5.15. The highest BCUT2D eigenvalue weighted by Crippen LogP contribution is 2.16. The largest absolute Gasteiger partial charge is 0.494 e. The molecule has 0 amide bonds. The van der Waals surface area contributed by atoms with Crippen molar-refractivity contribution in [2.45, 2.75) is 32.2 Å². The van der Waals surface area contributed by atoms with Gasteiger partial charge in [-0.3, -0.25) is 0 Å². The lowest BCUT2D eigenvalue weighted by Crippen LogP contribution is -2.04. The van der Waals surface area contributed by atoms with Crippen molar-refractivity contribution in [2.75, 3.05) is 6.61 Å². The van der Waals surface area contributed by atoms with Crippen molar-refractivity contribution in [2.24, 2.45) is 5.73 Å². The molecule has 0 bridgehead atoms. The third-order valence-corrected chi connectivity index (χ3v) is 3.38. The fraction of sp³-hybridized carbons (Fsp3) is 0.333. The van der Waals surface area contributed by atoms with E-state index in [0.29, 0.717) is 0 Å². The number of benzene rings is 2. The van der Waals surface area contributed by atoms with Crippen LogP contribution in [0.3, 0.4) is 0 Å². The molecule has 2 aromatic rings. The van der Waals surface area contributed by atoms with Crippen molar-refractivity contribution in [3.63, 3.8) is 0 Å². The highest BCUT2D eigenvalue weighted by molar-refractivity contribution is 5.28. The Hall–Kier alpha value is -1.80. The number of ether oxygens (including phenoxy) is 1. The predicted molar refractivity (Wildman–Crippen MR) is 83.9 cm³/mol. The van der Waals surface area contributed by atoms with Crippen LogP contribution < -0.4 is 10.5 Å². The summed E-state index contributed by atoms with van der Waals surface area (Å²) in [5, 5.41) is 0. The molecule has 20 heavy (non-hydrogen) atoms. The Morgan fingerprint density at radius 2 is 1.65 bits per heavy atom. The maximum Gasteiger partial charge on any atom is 0.119 e. The molecule has 0 saturated carbocycles. The van der Waals surface area contributed by atoms with Gasteiger partial charge in [0.1, 0.15) is 5.75 Å². The van der Waals surface area contributed by atoms with Crippen LogP contribution in [-0.2, 0) is 6.42 Å². The molecule has 0 radical (unpaired) electrons. The van der Waals surface area contributed by atoms with Gasteiger partial charge >= 0.3 is 0 Å². The fourth-order valence-electron chi connectivity index (χ4n) is 2.13. The first-order valence-electron chi connectivity index (χ1n) is 7.28. The SMILES string of the molecule is C[C@@H](N)c1ccc(OCCCCc2ccccc2)cc1. The maximum atomic E-state index is 5.82. The smallest absolute Gasteiger partial charge is 0.119 e. The van der Waals surface area contributed by atoms with Crippen molar-refractivity contribution in [1.29, 1.82) is 0 Å². The summed E-state index contributed by atoms with van der Waals surface area (Å²) >= 11 is 0. The maximum absolute atomic E-state index is 5.82. The molecule has 0 saturated heterocycles. The minimum absolute atomic E-state index is 0.0786. The highest BCUT2D eigenvalue weighted by Gasteiger charge is 1.99. The van der Waals surface area contributed by atoms with Crippen LogP contribution in [0.15, 0.2) is 54.6 Å². The normalized spacial score (nSPS) is 12.1. The van der Waals surface area contributed by atoms with E-state index in [-0.39, 0.29) is 6.04 Å². The van der Waals surface area contributed by atoms with Crippen molar-refractivity contribution in [1.82, 2.24) is 0 Å². The minimum Gasteiger partial charge on any atom is -0.494 e. The van der Waals surface area contributed by atoms with Crippen LogP contribution in [0, 0.1) is 0 Å². The summed E-state index contributed by atoms with van der Waals surface area (Å²) in [6, 6.07) is 18.7. The lowest BCUT2D eigenvalue weighted by Gasteiger charge is -2.09. The van der Waals surface area contributed by atoms with Gasteiger partial charge in [-0.05, 0) is 49.4 Å². The number of rotatable bonds is 7. The van der Waals surface area contributed by atoms with Gasteiger partial charge in [-0.2, -0.15) is 0 Å². The van der Waals surface area contributed by atoms with E-state index in [9.17, 15) is 0 Å². The van der Waals surface area contributed by atoms with Crippen molar-refractivity contribution in [3.05, 3.63) is 65.7 Å². The van der Waals surface area contributed by atoms with E-state index in [2.05, 4.69) is 30.3 Å². The van der Waals surface area contributed by atoms with Crippen LogP contribution in [0.5, 0.6) is 5.75 Å². The van der Waals surface area contributed by atoms with Gasteiger partial charge in [0.2, 0.25) is 0 Å². The van der Waals surface area contributed by atoms with E-state index in [1.807, 2.05) is 31.2 Å². The van der Waals surface area contributed by atoms with E-state index in [0.717, 1.165) is 37.2 Å². The lowest BCUT2D eigenvalue weighted by molar-refractivity contribution is 0.307. The summed E-state index contributed by atoms with van der Waals surface area (Å²) in [4.78, 5) is 0. The van der Waals surface area contributed by atoms with E-state index < -0.39 is 0 Å². The average Bonchev–Trinajstić information content (AvgIpc) is 2.48. The number of aryl methyl sites for hydroxylation is 1. The van der Waals surface area contributed by atoms with Gasteiger partial charge in [0.15, 0.2) is 0 Å². The summed E-state index contributed by atoms with van der Waals surface area (Å²) in [5.41, 5.74) is 8.36. The van der Waals surface area contributed by atoms with Crippen LogP contribution in [-0.4, -0.2) is 6.61 Å². The Bertz CT molecular complexity index is 491. The minimum atomic E-state index is 0.0786. The van der Waals surface area contributed by atoms with Crippen molar-refractivity contribution >= 4 is 0 Å². The van der Waals surface area contributed by atoms with Crippen molar-refractivity contribution in [3.8, 4) is 5.75 Å². The molecule has 2 N–H and O–H groups in total. The second-order valence-electron chi connectivity index (χ2n) is 5.15. The molecular formula is C18H23NO. The molecule has 0 aliphatic heterocycles. The first-order chi connectivity index (χ1) is 9.75. The molecule has 0 heterocycles. The molecule has 2 heteroatoms. The van der Waals surface area contributed by atoms with Crippen LogP contribution in [0.1, 0.15) is 36.9 Å². The van der Waals surface area contributed by atoms with Gasteiger partial charge in [-0.25, -0.2) is 0 Å². The number of hydrogen-bond donors (Lipinski definition) is 1. The highest BCUT2D eigenvalue weighted by atomic mass is 16.5. The zero-order valence-electron chi connectivity index (χ0n) is 12.1. The summed E-state index contributed by atoms with van der Waals surface area (Å²) in [6.07, 6.45) is 3.35. The van der Waals surface area contributed by atoms with Crippen LogP contribution in [0.25, 0.3) is 0 Å². The molecule has 2 rings (SSSR count). The molecular weight excluding hydrogens is 246 g/mol. The van der Waals surface area contributed by atoms with Crippen LogP contribution in [0.2, 0.25) is 0 Å². The Morgan fingerprint density at radius 1 is 0.950 bits per heavy atom. The first-order valence-corrected chi connectivity index (χ1v) is 7.28. The summed E-state index contributed by atoms with van der Waals surface area (Å²) in [6.45, 7) is 2.75. The molecule has 2 nitrogen and oxygen atoms in total. The molecule has 0 aromatic heterocycles. The predicted octanol–water partition coefficient (Wildman–Crippen LogP) is 4.11. The zero-order chi connectivity index (χ0) is 14.2. The second kappa shape index (κ2) is 7.71. The third-order valence-electron chi connectivity index (χ3n) is 3.38. The van der Waals surface area contributed by atoms with Gasteiger partial charge in [0, 0.05) is 6.04 Å². The topological polar surface area (TPSA) is 35.2 Å². The Labute approximate surface area is 121 Å². The number of unbranched alkanes of at least 4 members (excludes halogenated alkanes) is 1. The monoisotopic (exact) mass is 269 g/mol. The van der Waals surface area contributed by atoms with Gasteiger partial charge in [-0.15, -0.1) is 0 Å². The van der Waals surface area contributed by atoms with E-state index in [1.54, 1.807) is 0 Å². The first kappa shape index (κ1) is 14.6.